The van der Waals surface area contributed by atoms with Gasteiger partial charge < -0.3 is 0 Å². The second-order valence-electron chi connectivity index (χ2n) is 20.9. The number of ether oxygens (including phenoxy) is 1. The Bertz CT molecular complexity index is 1780. The number of hydrogen-bond acceptors (Lipinski definition) is 1. The van der Waals surface area contributed by atoms with E-state index in [-0.39, 0.29) is 0 Å². The van der Waals surface area contributed by atoms with E-state index in [9.17, 15) is 0 Å². The van der Waals surface area contributed by atoms with Gasteiger partial charge in [-0.2, -0.15) is 0 Å². The molecule has 1 nitrogen and oxygen atoms in total. The zero-order chi connectivity index (χ0) is 15.9. The van der Waals surface area contributed by atoms with Gasteiger partial charge in [-0.05, 0) is 0 Å². The second-order valence-corrected chi connectivity index (χ2v) is 68.1. The summed E-state index contributed by atoms with van der Waals surface area (Å²) in [5.41, 5.74) is 0. The predicted octanol–water partition coefficient (Wildman–Crippen LogP) is 7.30. The summed E-state index contributed by atoms with van der Waals surface area (Å²) < 4.78 is 9.57. The fraction of sp³-hybridized carbons (Fsp3) is 1.00. The van der Waals surface area contributed by atoms with E-state index in [1.807, 2.05) is 0 Å². The molecule has 0 aromatic rings. The normalized spacial score (nSPS) is 150. The Morgan fingerprint density at radius 3 is 0.889 bits per heavy atom. The summed E-state index contributed by atoms with van der Waals surface area (Å²) in [6.45, 7) is -0.486. The van der Waals surface area contributed by atoms with Crippen LogP contribution in [-0.4, -0.2) is 12.2 Å². The Morgan fingerprint density at radius 2 is 0.741 bits per heavy atom. The molecule has 0 aromatic heterocycles. The first kappa shape index (κ1) is 9.24. The molecule has 0 N–H and O–H groups in total. The van der Waals surface area contributed by atoms with Gasteiger partial charge in [0.25, 0.3) is 0 Å². The molecule has 20 aliphatic rings. The van der Waals surface area contributed by atoms with Crippen LogP contribution in [0.3, 0.4) is 0 Å². The molecule has 0 aromatic carbocycles. The quantitative estimate of drug-likeness (QED) is 0.416. The first-order valence-electron chi connectivity index (χ1n) is 12.7. The number of rotatable bonds is 4. The summed E-state index contributed by atoms with van der Waals surface area (Å²) >= 11 is 0. The molecule has 0 aliphatic carbocycles. The van der Waals surface area contributed by atoms with Crippen LogP contribution in [0, 0.1) is 0 Å². The van der Waals surface area contributed by atoms with Gasteiger partial charge in [-0.25, -0.2) is 0 Å². The SMILES string of the molecule is CC(OC(C)[C]12[CH]3[CH]4[CH]5[CH]1[Fe]45321678[CH]2[CH]1[CH]6[CH]7[CH]28)[C]12[CH]3[CH]4[CH]5[CH]1[Fe]45321678[CH]2[CH]1[CH]6[CH]7[CH]28. The van der Waals surface area contributed by atoms with Gasteiger partial charge in [-0.15, -0.1) is 0 Å². The van der Waals surface area contributed by atoms with Gasteiger partial charge in [0, 0.05) is 0 Å². The van der Waals surface area contributed by atoms with Gasteiger partial charge in [0.2, 0.25) is 0 Å². The van der Waals surface area contributed by atoms with E-state index in [1.54, 1.807) is 0 Å². The monoisotopic (exact) mass is 442 g/mol. The molecular formula is C24H26Fe2O. The van der Waals surface area contributed by atoms with Crippen LogP contribution in [0.2, 0.25) is 95.3 Å². The molecule has 2 spiro atoms. The Labute approximate surface area is 138 Å². The predicted molar refractivity (Wildman–Crippen MR) is 92.9 cm³/mol. The summed E-state index contributed by atoms with van der Waals surface area (Å²) in [6, 6.07) is 0. The molecular weight excluding hydrogens is 416 g/mol. The molecule has 10 unspecified atom stereocenters. The first-order chi connectivity index (χ1) is 12.6. The van der Waals surface area contributed by atoms with Gasteiger partial charge >= 0.3 is 139 Å². The molecule has 20 aliphatic heterocycles. The van der Waals surface area contributed by atoms with Crippen molar-refractivity contribution >= 4 is 0 Å². The summed E-state index contributed by atoms with van der Waals surface area (Å²) in [5, 5.41) is 0. The van der Waals surface area contributed by atoms with E-state index < -0.39 is 13.0 Å². The third kappa shape index (κ3) is 0.0860. The molecule has 3 heteroatoms. The third-order valence-corrected chi connectivity index (χ3v) is 117. The summed E-state index contributed by atoms with van der Waals surface area (Å²) in [5.74, 6) is 0. The van der Waals surface area contributed by atoms with Crippen LogP contribution in [-0.2, 0) is 17.8 Å². The van der Waals surface area contributed by atoms with Crippen LogP contribution in [0.25, 0.3) is 0 Å². The molecule has 0 amide bonds. The van der Waals surface area contributed by atoms with E-state index in [1.165, 1.54) is 86.7 Å². The minimum absolute atomic E-state index is 0.766. The first-order valence-corrected chi connectivity index (χ1v) is 25.3. The zero-order valence-corrected chi connectivity index (χ0v) is 17.9. The molecule has 0 bridgehead atoms. The Morgan fingerprint density at radius 1 is 0.481 bits per heavy atom. The third-order valence-electron chi connectivity index (χ3n) is 31.2. The van der Waals surface area contributed by atoms with Crippen LogP contribution >= 0.6 is 0 Å². The minimum atomic E-state index is -2.95. The summed E-state index contributed by atoms with van der Waals surface area (Å²) in [6.07, 6.45) is 1.53. The van der Waals surface area contributed by atoms with E-state index in [0.717, 1.165) is 20.8 Å². The van der Waals surface area contributed by atoms with E-state index >= 15 is 0 Å². The van der Waals surface area contributed by atoms with E-state index in [4.69, 9.17) is 4.74 Å². The van der Waals surface area contributed by atoms with Crippen LogP contribution < -0.4 is 0 Å². The molecule has 20 rings (SSSR count). The van der Waals surface area contributed by atoms with Crippen molar-refractivity contribution in [2.45, 2.75) is 121 Å². The fourth-order valence-electron chi connectivity index (χ4n) is 35.5. The van der Waals surface area contributed by atoms with Gasteiger partial charge in [-0.3, -0.25) is 0 Å². The summed E-state index contributed by atoms with van der Waals surface area (Å²) in [4.78, 5) is 26.6. The topological polar surface area (TPSA) is 9.23 Å². The standard InChI is InChI=1S/C14H16O.2C5H5.2Fe/c1-11(13-7-3-4-8-13)15-12(2)14-9-5-6-10-14;2*1-2-4-5-3-1;;/h3-12H,1-2H3;2*1-5H;;. The van der Waals surface area contributed by atoms with Crippen molar-refractivity contribution in [3.05, 3.63) is 0 Å². The van der Waals surface area contributed by atoms with Crippen molar-refractivity contribution in [2.24, 2.45) is 0 Å². The molecule has 0 saturated carbocycles. The molecule has 20 saturated heterocycles. The molecule has 10 atom stereocenters. The molecule has 27 heavy (non-hydrogen) atoms. The molecule has 144 valence electrons. The van der Waals surface area contributed by atoms with Crippen LogP contribution in [0.4, 0.5) is 0 Å². The van der Waals surface area contributed by atoms with Crippen molar-refractivity contribution in [3.63, 3.8) is 0 Å². The average Bonchev–Trinajstić information content (AvgIpc) is 3.55. The Hall–Kier alpha value is 0.999. The van der Waals surface area contributed by atoms with Gasteiger partial charge in [-0.1, -0.05) is 0 Å². The van der Waals surface area contributed by atoms with Crippen LogP contribution in [0.15, 0.2) is 0 Å². The van der Waals surface area contributed by atoms with Crippen molar-refractivity contribution in [3.8, 4) is 0 Å². The van der Waals surface area contributed by atoms with Crippen molar-refractivity contribution < 1.29 is 17.8 Å². The second kappa shape index (κ2) is 0.679. The maximum absolute atomic E-state index is 7.57. The summed E-state index contributed by atoms with van der Waals surface area (Å²) in [7, 11) is 0. The molecule has 20 fully saturated rings. The number of fused-ring (bicyclic) bond motifs is 20. The number of hydrogen-bond donors (Lipinski definition) is 0. The van der Waals surface area contributed by atoms with Crippen molar-refractivity contribution in [1.82, 2.24) is 0 Å². The zero-order valence-electron chi connectivity index (χ0n) is 15.7. The van der Waals surface area contributed by atoms with Gasteiger partial charge in [0.05, 0.1) is 0 Å². The Kier molecular flexibility index (Phi) is 0.232. The van der Waals surface area contributed by atoms with Crippen LogP contribution in [0.5, 0.6) is 0 Å². The van der Waals surface area contributed by atoms with E-state index in [0.29, 0.717) is 0 Å². The van der Waals surface area contributed by atoms with Crippen molar-refractivity contribution in [1.29, 1.82) is 0 Å². The fourth-order valence-corrected chi connectivity index (χ4v) is 186. The Balaban J connectivity index is 0.940. The van der Waals surface area contributed by atoms with Gasteiger partial charge in [0.15, 0.2) is 0 Å². The van der Waals surface area contributed by atoms with E-state index in [2.05, 4.69) is 13.8 Å². The van der Waals surface area contributed by atoms with Crippen LogP contribution in [0.1, 0.15) is 13.8 Å². The van der Waals surface area contributed by atoms with Gasteiger partial charge in [0.1, 0.15) is 0 Å². The molecule has 0 radical (unpaired) electrons. The van der Waals surface area contributed by atoms with Crippen molar-refractivity contribution in [2.75, 3.05) is 0 Å². The maximum atomic E-state index is 7.57. The average molecular weight is 442 g/mol. The molecule has 20 heterocycles.